The molecule has 4 aromatic rings. The van der Waals surface area contributed by atoms with Crippen molar-refractivity contribution in [2.45, 2.75) is 0 Å². The second kappa shape index (κ2) is 7.62. The zero-order chi connectivity index (χ0) is 15.8. The summed E-state index contributed by atoms with van der Waals surface area (Å²) >= 11 is 2.17. The second-order valence-electron chi connectivity index (χ2n) is 3.71. The van der Waals surface area contributed by atoms with Gasteiger partial charge in [0.05, 0.1) is 20.2 Å². The molecule has 0 aliphatic rings. The Balaban J connectivity index is 0.000000137. The number of halogens is 2. The monoisotopic (exact) mass is 399 g/mol. The van der Waals surface area contributed by atoms with E-state index in [0.29, 0.717) is 0 Å². The third-order valence-corrected chi connectivity index (χ3v) is 3.23. The molecule has 4 heterocycles. The predicted molar refractivity (Wildman–Crippen MR) is 87.5 cm³/mol. The van der Waals surface area contributed by atoms with Crippen molar-refractivity contribution in [2.75, 3.05) is 7.15 Å². The van der Waals surface area contributed by atoms with Crippen molar-refractivity contribution in [1.29, 1.82) is 0 Å². The Bertz CT molecular complexity index is 803. The van der Waals surface area contributed by atoms with Crippen LogP contribution in [0.2, 0.25) is 0 Å². The van der Waals surface area contributed by atoms with E-state index >= 15 is 0 Å². The fourth-order valence-electron chi connectivity index (χ4n) is 1.60. The quantitative estimate of drug-likeness (QED) is 0.445. The molecular weight excluding hydrogens is 386 g/mol. The number of nitrogens with one attached hydrogen (secondary N) is 2. The van der Waals surface area contributed by atoms with Crippen LogP contribution < -0.4 is 0 Å². The highest BCUT2D eigenvalue weighted by Gasteiger charge is 1.99. The first kappa shape index (κ1) is 13.9. The third-order valence-electron chi connectivity index (χ3n) is 2.48. The molecule has 0 aliphatic carbocycles. The maximum Gasteiger partial charge on any atom is 0.122 e. The predicted octanol–water partition coefficient (Wildman–Crippen LogP) is 3.11. The molecule has 0 atom stereocenters. The highest BCUT2D eigenvalue weighted by molar-refractivity contribution is 14.1. The van der Waals surface area contributed by atoms with Crippen LogP contribution >= 0.6 is 22.6 Å². The van der Waals surface area contributed by atoms with Gasteiger partial charge in [-0.1, -0.05) is 0 Å². The minimum atomic E-state index is -1.00. The van der Waals surface area contributed by atoms with Gasteiger partial charge in [-0.25, -0.2) is 0 Å². The number of alkyl halides is 1. The van der Waals surface area contributed by atoms with Crippen LogP contribution in [0.5, 0.6) is 0 Å². The first-order chi connectivity index (χ1) is 10.8. The van der Waals surface area contributed by atoms with Crippen molar-refractivity contribution in [3.05, 3.63) is 46.6 Å². The standard InChI is InChI=1S/C6H4IN3.C6H5N3.CH3F/c7-6-5-4(9-10-6)2-1-3-8-5;1-2-5-6(7-3-1)4-8-9-5;1-2/h1-3H,(H,9,10);1-4H,(H,8,9);1H3/i;;1D. The smallest absolute Gasteiger partial charge is 0.122 e. The van der Waals surface area contributed by atoms with Gasteiger partial charge >= 0.3 is 0 Å². The summed E-state index contributed by atoms with van der Waals surface area (Å²) in [5.74, 6) is 0. The van der Waals surface area contributed by atoms with Gasteiger partial charge in [-0.3, -0.25) is 24.6 Å². The fourth-order valence-corrected chi connectivity index (χ4v) is 2.13. The lowest BCUT2D eigenvalue weighted by Crippen LogP contribution is -1.72. The molecular formula is C13H12FIN6. The van der Waals surface area contributed by atoms with E-state index in [9.17, 15) is 4.39 Å². The van der Waals surface area contributed by atoms with Gasteiger partial charge in [-0.15, -0.1) is 0 Å². The molecule has 8 heteroatoms. The number of rotatable bonds is 0. The Labute approximate surface area is 134 Å². The van der Waals surface area contributed by atoms with Crippen LogP contribution in [-0.4, -0.2) is 37.5 Å². The maximum atomic E-state index is 9.96. The third kappa shape index (κ3) is 3.72. The molecule has 108 valence electrons. The Morgan fingerprint density at radius 3 is 2.67 bits per heavy atom. The van der Waals surface area contributed by atoms with E-state index in [1.165, 1.54) is 0 Å². The van der Waals surface area contributed by atoms with Gasteiger partial charge in [0.2, 0.25) is 0 Å². The molecule has 0 spiro atoms. The summed E-state index contributed by atoms with van der Waals surface area (Å²) in [6.07, 6.45) is 5.22. The number of H-pyrrole nitrogens is 2. The largest absolute Gasteiger partial charge is 0.276 e. The minimum absolute atomic E-state index is 0.914. The molecule has 0 aliphatic heterocycles. The Kier molecular flexibility index (Phi) is 5.03. The molecule has 21 heavy (non-hydrogen) atoms. The first-order valence-electron chi connectivity index (χ1n) is 6.51. The van der Waals surface area contributed by atoms with Gasteiger partial charge < -0.3 is 0 Å². The Morgan fingerprint density at radius 1 is 1.14 bits per heavy atom. The van der Waals surface area contributed by atoms with Crippen molar-refractivity contribution < 1.29 is 5.76 Å². The molecule has 0 aromatic carbocycles. The second-order valence-corrected chi connectivity index (χ2v) is 4.79. The number of aromatic nitrogens is 6. The number of nitrogens with zero attached hydrogens (tertiary/aromatic N) is 4. The van der Waals surface area contributed by atoms with Gasteiger partial charge in [0.25, 0.3) is 0 Å². The van der Waals surface area contributed by atoms with E-state index in [4.69, 9.17) is 1.37 Å². The van der Waals surface area contributed by atoms with Gasteiger partial charge in [0, 0.05) is 12.4 Å². The molecule has 0 amide bonds. The van der Waals surface area contributed by atoms with Gasteiger partial charge in [-0.05, 0) is 46.9 Å². The van der Waals surface area contributed by atoms with Gasteiger partial charge in [0.1, 0.15) is 20.3 Å². The zero-order valence-corrected chi connectivity index (χ0v) is 13.0. The van der Waals surface area contributed by atoms with Crippen molar-refractivity contribution >= 4 is 44.7 Å². The summed E-state index contributed by atoms with van der Waals surface area (Å²) in [6.45, 7) is 0. The Morgan fingerprint density at radius 2 is 1.90 bits per heavy atom. The van der Waals surface area contributed by atoms with Crippen LogP contribution in [0.3, 0.4) is 0 Å². The summed E-state index contributed by atoms with van der Waals surface area (Å²) in [5, 5.41) is 13.5. The van der Waals surface area contributed by atoms with E-state index < -0.39 is 7.15 Å². The van der Waals surface area contributed by atoms with E-state index in [1.807, 2.05) is 24.3 Å². The van der Waals surface area contributed by atoms with Gasteiger partial charge in [0.15, 0.2) is 0 Å². The molecule has 4 rings (SSSR count). The van der Waals surface area contributed by atoms with E-state index in [2.05, 4.69) is 53.0 Å². The van der Waals surface area contributed by atoms with Crippen molar-refractivity contribution in [3.63, 3.8) is 0 Å². The van der Waals surface area contributed by atoms with Crippen LogP contribution in [0, 0.1) is 3.70 Å². The van der Waals surface area contributed by atoms with Crippen LogP contribution in [0.1, 0.15) is 1.37 Å². The average molecular weight is 399 g/mol. The molecule has 0 unspecified atom stereocenters. The molecule has 4 aromatic heterocycles. The maximum absolute atomic E-state index is 9.96. The summed E-state index contributed by atoms with van der Waals surface area (Å²) in [6, 6.07) is 7.62. The molecule has 2 N–H and O–H groups in total. The minimum Gasteiger partial charge on any atom is -0.276 e. The molecule has 0 saturated heterocycles. The molecule has 0 bridgehead atoms. The van der Waals surface area contributed by atoms with Crippen molar-refractivity contribution in [3.8, 4) is 0 Å². The van der Waals surface area contributed by atoms with Crippen molar-refractivity contribution in [1.82, 2.24) is 30.4 Å². The normalized spacial score (nSPS) is 10.3. The molecule has 0 saturated carbocycles. The summed E-state index contributed by atoms with van der Waals surface area (Å²) < 4.78 is 16.5. The summed E-state index contributed by atoms with van der Waals surface area (Å²) in [4.78, 5) is 8.19. The average Bonchev–Trinajstić information content (AvgIpc) is 3.16. The number of aromatic amines is 2. The number of fused-ring (bicyclic) bond motifs is 2. The SMILES string of the molecule is Ic1[nH]nc2cccnc12.[2H]CF.c1cnc2cn[nH]c2c1. The lowest BCUT2D eigenvalue weighted by molar-refractivity contribution is 0.636. The van der Waals surface area contributed by atoms with Crippen LogP contribution in [0.4, 0.5) is 4.39 Å². The molecule has 0 fully saturated rings. The zero-order valence-electron chi connectivity index (χ0n) is 11.8. The van der Waals surface area contributed by atoms with E-state index in [0.717, 1.165) is 25.8 Å². The Hall–Kier alpha value is -2.10. The molecule has 0 radical (unpaired) electrons. The first-order valence-corrected chi connectivity index (χ1v) is 6.88. The fraction of sp³-hybridized carbons (Fsp3) is 0.0769. The lowest BCUT2D eigenvalue weighted by atomic mass is 10.4. The summed E-state index contributed by atoms with van der Waals surface area (Å²) in [7, 11) is -1.00. The van der Waals surface area contributed by atoms with Crippen LogP contribution in [0.15, 0.2) is 42.9 Å². The van der Waals surface area contributed by atoms with Gasteiger partial charge in [-0.2, -0.15) is 10.2 Å². The lowest BCUT2D eigenvalue weighted by Gasteiger charge is -1.82. The van der Waals surface area contributed by atoms with Crippen molar-refractivity contribution in [2.24, 2.45) is 0 Å². The number of hydrogen-bond donors (Lipinski definition) is 2. The topological polar surface area (TPSA) is 83.1 Å². The number of hydrogen-bond acceptors (Lipinski definition) is 4. The van der Waals surface area contributed by atoms with E-state index in [-0.39, 0.29) is 0 Å². The van der Waals surface area contributed by atoms with E-state index in [1.54, 1.807) is 18.6 Å². The molecule has 6 nitrogen and oxygen atoms in total. The summed E-state index contributed by atoms with van der Waals surface area (Å²) in [5.41, 5.74) is 3.77. The van der Waals surface area contributed by atoms with Crippen LogP contribution in [0.25, 0.3) is 22.1 Å². The van der Waals surface area contributed by atoms with Crippen LogP contribution in [-0.2, 0) is 0 Å². The highest BCUT2D eigenvalue weighted by Crippen LogP contribution is 2.12. The highest BCUT2D eigenvalue weighted by atomic mass is 127. The number of pyridine rings is 2.